The van der Waals surface area contributed by atoms with Crippen molar-refractivity contribution >= 4 is 18.4 Å². The molecule has 0 bridgehead atoms. The zero-order valence-electron chi connectivity index (χ0n) is 6.26. The van der Waals surface area contributed by atoms with E-state index in [1.54, 1.807) is 0 Å². The third kappa shape index (κ3) is 3.69. The van der Waals surface area contributed by atoms with Gasteiger partial charge in [-0.25, -0.2) is 0 Å². The molecule has 3 N–H and O–H groups in total. The summed E-state index contributed by atoms with van der Waals surface area (Å²) in [7, 11) is 0. The molecule has 0 heterocycles. The molecule has 0 unspecified atom stereocenters. The second-order valence-corrected chi connectivity index (χ2v) is 2.47. The largest absolute Gasteiger partial charge is 0.480 e. The number of nitrogens with two attached hydrogens (primary N) is 1. The Kier molecular flexibility index (Phi) is 5.61. The van der Waals surface area contributed by atoms with Gasteiger partial charge in [0.25, 0.3) is 0 Å². The average molecular weight is 168 g/mol. The van der Waals surface area contributed by atoms with Crippen molar-refractivity contribution < 1.29 is 9.90 Å². The fourth-order valence-electron chi connectivity index (χ4n) is 0.626. The van der Waals surface area contributed by atoms with Crippen LogP contribution in [0.4, 0.5) is 0 Å². The normalized spacial score (nSPS) is 15.1. The Hall–Kier alpha value is -0.280. The first kappa shape index (κ1) is 12.4. The summed E-state index contributed by atoms with van der Waals surface area (Å²) in [5.74, 6) is -0.927. The van der Waals surface area contributed by atoms with Crippen molar-refractivity contribution in [2.75, 3.05) is 0 Å². The fourth-order valence-corrected chi connectivity index (χ4v) is 0.626. The molecule has 0 aromatic rings. The van der Waals surface area contributed by atoms with Gasteiger partial charge in [-0.2, -0.15) is 0 Å². The lowest BCUT2D eigenvalue weighted by molar-refractivity contribution is -0.142. The standard InChI is InChI=1S/C6H13NO2.ClH/c1-3-4-6(2,7)5(8)9;/h3-4,7H2,1-2H3,(H,8,9);1H/t6-;/m0./s1. The second kappa shape index (κ2) is 4.52. The van der Waals surface area contributed by atoms with Crippen LogP contribution in [0.15, 0.2) is 0 Å². The predicted octanol–water partition coefficient (Wildman–Crippen LogP) is 1.01. The Morgan fingerprint density at radius 3 is 2.20 bits per heavy atom. The minimum Gasteiger partial charge on any atom is -0.480 e. The lowest BCUT2D eigenvalue weighted by atomic mass is 9.98. The maximum Gasteiger partial charge on any atom is 0.323 e. The van der Waals surface area contributed by atoms with E-state index in [9.17, 15) is 4.79 Å². The van der Waals surface area contributed by atoms with Crippen LogP contribution in [0.2, 0.25) is 0 Å². The second-order valence-electron chi connectivity index (χ2n) is 2.47. The summed E-state index contributed by atoms with van der Waals surface area (Å²) in [5, 5.41) is 8.45. The van der Waals surface area contributed by atoms with Crippen LogP contribution >= 0.6 is 12.4 Å². The molecule has 0 rings (SSSR count). The van der Waals surface area contributed by atoms with Crippen molar-refractivity contribution in [2.24, 2.45) is 5.73 Å². The maximum atomic E-state index is 10.3. The highest BCUT2D eigenvalue weighted by Crippen LogP contribution is 2.07. The summed E-state index contributed by atoms with van der Waals surface area (Å²) < 4.78 is 0. The molecule has 10 heavy (non-hydrogen) atoms. The van der Waals surface area contributed by atoms with Crippen LogP contribution in [-0.4, -0.2) is 16.6 Å². The quantitative estimate of drug-likeness (QED) is 0.660. The minimum absolute atomic E-state index is 0. The summed E-state index contributed by atoms with van der Waals surface area (Å²) in [4.78, 5) is 10.3. The van der Waals surface area contributed by atoms with Gasteiger partial charge in [-0.15, -0.1) is 12.4 Å². The number of halogens is 1. The number of hydrogen-bond donors (Lipinski definition) is 2. The number of carboxylic acids is 1. The monoisotopic (exact) mass is 167 g/mol. The van der Waals surface area contributed by atoms with E-state index in [-0.39, 0.29) is 12.4 Å². The summed E-state index contributed by atoms with van der Waals surface area (Å²) in [6.07, 6.45) is 1.33. The van der Waals surface area contributed by atoms with Crippen molar-refractivity contribution in [2.45, 2.75) is 32.2 Å². The van der Waals surface area contributed by atoms with Gasteiger partial charge in [-0.1, -0.05) is 13.3 Å². The molecule has 62 valence electrons. The van der Waals surface area contributed by atoms with Gasteiger partial charge >= 0.3 is 5.97 Å². The summed E-state index contributed by atoms with van der Waals surface area (Å²) in [6.45, 7) is 3.44. The molecular weight excluding hydrogens is 154 g/mol. The predicted molar refractivity (Wildman–Crippen MR) is 42.4 cm³/mol. The van der Waals surface area contributed by atoms with Gasteiger partial charge in [-0.3, -0.25) is 4.79 Å². The van der Waals surface area contributed by atoms with Crippen LogP contribution in [-0.2, 0) is 4.79 Å². The van der Waals surface area contributed by atoms with E-state index < -0.39 is 11.5 Å². The molecule has 0 amide bonds. The van der Waals surface area contributed by atoms with Crippen molar-refractivity contribution in [3.8, 4) is 0 Å². The third-order valence-electron chi connectivity index (χ3n) is 1.26. The van der Waals surface area contributed by atoms with E-state index in [4.69, 9.17) is 10.8 Å². The molecule has 0 aromatic heterocycles. The van der Waals surface area contributed by atoms with Gasteiger partial charge < -0.3 is 10.8 Å². The fraction of sp³-hybridized carbons (Fsp3) is 0.833. The molecule has 0 spiro atoms. The number of carbonyl (C=O) groups is 1. The van der Waals surface area contributed by atoms with Crippen molar-refractivity contribution in [1.82, 2.24) is 0 Å². The Morgan fingerprint density at radius 2 is 2.10 bits per heavy atom. The molecule has 4 heteroatoms. The van der Waals surface area contributed by atoms with Crippen LogP contribution < -0.4 is 5.73 Å². The number of rotatable bonds is 3. The van der Waals surface area contributed by atoms with E-state index in [2.05, 4.69) is 0 Å². The van der Waals surface area contributed by atoms with Gasteiger partial charge in [0.15, 0.2) is 0 Å². The molecule has 0 aliphatic carbocycles. The summed E-state index contributed by atoms with van der Waals surface area (Å²) in [6, 6.07) is 0. The number of hydrogen-bond acceptors (Lipinski definition) is 2. The van der Waals surface area contributed by atoms with E-state index in [0.29, 0.717) is 6.42 Å². The third-order valence-corrected chi connectivity index (χ3v) is 1.26. The van der Waals surface area contributed by atoms with Crippen LogP contribution in [0.1, 0.15) is 26.7 Å². The lowest BCUT2D eigenvalue weighted by Gasteiger charge is -2.16. The summed E-state index contributed by atoms with van der Waals surface area (Å²) >= 11 is 0. The molecule has 0 aliphatic heterocycles. The average Bonchev–Trinajstić information content (AvgIpc) is 1.65. The topological polar surface area (TPSA) is 63.3 Å². The first-order valence-electron chi connectivity index (χ1n) is 3.03. The van der Waals surface area contributed by atoms with Crippen LogP contribution in [0.3, 0.4) is 0 Å². The number of carboxylic acid groups (broad SMARTS) is 1. The first-order chi connectivity index (χ1) is 4.00. The molecule has 0 aliphatic rings. The lowest BCUT2D eigenvalue weighted by Crippen LogP contribution is -2.44. The van der Waals surface area contributed by atoms with E-state index in [0.717, 1.165) is 6.42 Å². The van der Waals surface area contributed by atoms with Crippen molar-refractivity contribution in [1.29, 1.82) is 0 Å². The van der Waals surface area contributed by atoms with Gasteiger partial charge in [0.1, 0.15) is 5.54 Å². The molecule has 0 aromatic carbocycles. The highest BCUT2D eigenvalue weighted by molar-refractivity contribution is 5.85. The van der Waals surface area contributed by atoms with E-state index >= 15 is 0 Å². The van der Waals surface area contributed by atoms with Crippen molar-refractivity contribution in [3.63, 3.8) is 0 Å². The van der Waals surface area contributed by atoms with E-state index in [1.165, 1.54) is 6.92 Å². The maximum absolute atomic E-state index is 10.3. The molecule has 3 nitrogen and oxygen atoms in total. The van der Waals surface area contributed by atoms with Crippen molar-refractivity contribution in [3.05, 3.63) is 0 Å². The minimum atomic E-state index is -1.03. The SMILES string of the molecule is CCC[C@](C)(N)C(=O)O.Cl. The smallest absolute Gasteiger partial charge is 0.323 e. The van der Waals surface area contributed by atoms with Crippen LogP contribution in [0.25, 0.3) is 0 Å². The van der Waals surface area contributed by atoms with Crippen LogP contribution in [0, 0.1) is 0 Å². The molecule has 0 radical (unpaired) electrons. The van der Waals surface area contributed by atoms with E-state index in [1.807, 2.05) is 6.92 Å². The number of aliphatic carboxylic acids is 1. The summed E-state index contributed by atoms with van der Waals surface area (Å²) in [5.41, 5.74) is 4.34. The van der Waals surface area contributed by atoms with Gasteiger partial charge in [0.05, 0.1) is 0 Å². The van der Waals surface area contributed by atoms with Gasteiger partial charge in [0.2, 0.25) is 0 Å². The zero-order valence-corrected chi connectivity index (χ0v) is 7.07. The highest BCUT2D eigenvalue weighted by Gasteiger charge is 2.25. The molecular formula is C6H14ClNO2. The van der Waals surface area contributed by atoms with Crippen LogP contribution in [0.5, 0.6) is 0 Å². The van der Waals surface area contributed by atoms with Gasteiger partial charge in [-0.05, 0) is 13.3 Å². The Bertz CT molecular complexity index is 114. The Labute approximate surface area is 67.0 Å². The first-order valence-corrected chi connectivity index (χ1v) is 3.03. The zero-order chi connectivity index (χ0) is 7.49. The Morgan fingerprint density at radius 1 is 1.70 bits per heavy atom. The molecule has 0 saturated carbocycles. The molecule has 1 atom stereocenters. The highest BCUT2D eigenvalue weighted by atomic mass is 35.5. The van der Waals surface area contributed by atoms with Gasteiger partial charge in [0, 0.05) is 0 Å². The molecule has 0 saturated heterocycles. The Balaban J connectivity index is 0. The molecule has 0 fully saturated rings.